The zero-order valence-corrected chi connectivity index (χ0v) is 18.0. The van der Waals surface area contributed by atoms with E-state index in [2.05, 4.69) is 12.2 Å². The number of fused-ring (bicyclic) bond motifs is 1. The first-order valence-corrected chi connectivity index (χ1v) is 11.0. The number of carbonyl (C=O) groups excluding carboxylic acids is 1. The van der Waals surface area contributed by atoms with Crippen molar-refractivity contribution >= 4 is 22.8 Å². The Kier molecular flexibility index (Phi) is 6.03. The van der Waals surface area contributed by atoms with Gasteiger partial charge in [-0.15, -0.1) is 0 Å². The van der Waals surface area contributed by atoms with Crippen LogP contribution in [0.25, 0.3) is 22.2 Å². The van der Waals surface area contributed by atoms with E-state index in [0.29, 0.717) is 28.1 Å². The molecule has 1 aliphatic rings. The highest BCUT2D eigenvalue weighted by Crippen LogP contribution is 2.31. The third-order valence-corrected chi connectivity index (χ3v) is 6.47. The van der Waals surface area contributed by atoms with Crippen molar-refractivity contribution in [3.63, 3.8) is 0 Å². The van der Waals surface area contributed by atoms with E-state index in [4.69, 9.17) is 4.98 Å². The Hall–Kier alpha value is -3.21. The minimum absolute atomic E-state index is 0.0916. The number of hydrogen-bond donors (Lipinski definition) is 2. The van der Waals surface area contributed by atoms with E-state index >= 15 is 0 Å². The molecule has 1 heterocycles. The maximum atomic E-state index is 13.5. The van der Waals surface area contributed by atoms with Gasteiger partial charge in [-0.1, -0.05) is 55.7 Å². The van der Waals surface area contributed by atoms with Crippen LogP contribution in [0.15, 0.2) is 48.5 Å². The van der Waals surface area contributed by atoms with Crippen LogP contribution in [0.2, 0.25) is 0 Å². The van der Waals surface area contributed by atoms with Crippen molar-refractivity contribution in [2.24, 2.45) is 5.92 Å². The first-order valence-electron chi connectivity index (χ1n) is 11.0. The summed E-state index contributed by atoms with van der Waals surface area (Å²) in [5, 5.41) is 13.3. The summed E-state index contributed by atoms with van der Waals surface area (Å²) in [6, 6.07) is 14.6. The topological polar surface area (TPSA) is 79.3 Å². The first kappa shape index (κ1) is 21.0. The van der Waals surface area contributed by atoms with Gasteiger partial charge in [-0.05, 0) is 50.3 Å². The van der Waals surface area contributed by atoms with Gasteiger partial charge in [0.15, 0.2) is 0 Å². The molecule has 1 amide bonds. The van der Waals surface area contributed by atoms with Gasteiger partial charge in [-0.2, -0.15) is 0 Å². The molecule has 5 nitrogen and oxygen atoms in total. The maximum Gasteiger partial charge on any atom is 0.335 e. The smallest absolute Gasteiger partial charge is 0.335 e. The lowest BCUT2D eigenvalue weighted by Gasteiger charge is -2.28. The van der Waals surface area contributed by atoms with Gasteiger partial charge in [0.2, 0.25) is 0 Å². The van der Waals surface area contributed by atoms with Crippen molar-refractivity contribution in [1.29, 1.82) is 0 Å². The number of nitrogens with zero attached hydrogens (tertiary/aromatic N) is 1. The molecule has 2 aromatic carbocycles. The molecule has 31 heavy (non-hydrogen) atoms. The molecule has 0 bridgehead atoms. The van der Waals surface area contributed by atoms with Crippen LogP contribution in [0.3, 0.4) is 0 Å². The summed E-state index contributed by atoms with van der Waals surface area (Å²) >= 11 is 0. The zero-order chi connectivity index (χ0) is 22.0. The van der Waals surface area contributed by atoms with Crippen molar-refractivity contribution in [3.05, 3.63) is 65.2 Å². The summed E-state index contributed by atoms with van der Waals surface area (Å²) in [6.07, 6.45) is 6.01. The summed E-state index contributed by atoms with van der Waals surface area (Å²) in [7, 11) is 0. The zero-order valence-electron chi connectivity index (χ0n) is 18.0. The van der Waals surface area contributed by atoms with Gasteiger partial charge >= 0.3 is 5.97 Å². The highest BCUT2D eigenvalue weighted by atomic mass is 16.4. The number of nitrogens with one attached hydrogen (secondary N) is 1. The van der Waals surface area contributed by atoms with Crippen molar-refractivity contribution in [2.75, 3.05) is 0 Å². The van der Waals surface area contributed by atoms with Gasteiger partial charge in [0.25, 0.3) is 5.91 Å². The molecular formula is C26H28N2O3. The fraction of sp³-hybridized carbons (Fsp3) is 0.346. The molecule has 0 spiro atoms. The summed E-state index contributed by atoms with van der Waals surface area (Å²) < 4.78 is 0. The highest BCUT2D eigenvalue weighted by molar-refractivity contribution is 6.10. The molecule has 1 aliphatic carbocycles. The first-order chi connectivity index (χ1) is 15.0. The average molecular weight is 417 g/mol. The number of rotatable bonds is 5. The minimum Gasteiger partial charge on any atom is -0.478 e. The molecule has 0 unspecified atom stereocenters. The molecule has 0 saturated heterocycles. The number of carboxylic acid groups (broad SMARTS) is 1. The van der Waals surface area contributed by atoms with Gasteiger partial charge in [-0.3, -0.25) is 4.79 Å². The summed E-state index contributed by atoms with van der Waals surface area (Å²) in [5.74, 6) is -0.635. The average Bonchev–Trinajstić information content (AvgIpc) is 2.79. The Bertz CT molecular complexity index is 1120. The molecule has 1 fully saturated rings. The number of carboxylic acids is 1. The lowest BCUT2D eigenvalue weighted by Crippen LogP contribution is -2.39. The third-order valence-electron chi connectivity index (χ3n) is 6.47. The number of pyridine rings is 1. The fourth-order valence-corrected chi connectivity index (χ4v) is 4.69. The molecule has 4 rings (SSSR count). The van der Waals surface area contributed by atoms with Gasteiger partial charge in [0, 0.05) is 17.0 Å². The predicted octanol–water partition coefficient (Wildman–Crippen LogP) is 5.61. The molecule has 2 N–H and O–H groups in total. The Morgan fingerprint density at radius 3 is 2.45 bits per heavy atom. The monoisotopic (exact) mass is 416 g/mol. The predicted molar refractivity (Wildman–Crippen MR) is 122 cm³/mol. The Morgan fingerprint density at radius 1 is 1.06 bits per heavy atom. The van der Waals surface area contributed by atoms with Crippen LogP contribution in [0.4, 0.5) is 0 Å². The second kappa shape index (κ2) is 8.88. The standard InChI is InChI=1S/C26H28N2O3/c1-16-23(25(29)27-17(2)18-9-5-3-6-10-18)21-14-13-20(26(30)31)15-22(21)28-24(16)19-11-7-4-8-12-19/h4,7-8,11-15,17-18H,3,5-6,9-10H2,1-2H3,(H,27,29)(H,30,31)/t17-/m0/s1. The second-order valence-electron chi connectivity index (χ2n) is 8.52. The van der Waals surface area contributed by atoms with Crippen molar-refractivity contribution in [1.82, 2.24) is 10.3 Å². The maximum absolute atomic E-state index is 13.5. The number of hydrogen-bond acceptors (Lipinski definition) is 3. The van der Waals surface area contributed by atoms with Crippen LogP contribution in [-0.4, -0.2) is 28.0 Å². The highest BCUT2D eigenvalue weighted by Gasteiger charge is 2.25. The van der Waals surface area contributed by atoms with Crippen LogP contribution in [0.5, 0.6) is 0 Å². The normalized spacial score (nSPS) is 15.5. The lowest BCUT2D eigenvalue weighted by molar-refractivity contribution is 0.0696. The Morgan fingerprint density at radius 2 is 1.77 bits per heavy atom. The van der Waals surface area contributed by atoms with Crippen LogP contribution >= 0.6 is 0 Å². The van der Waals surface area contributed by atoms with E-state index in [1.54, 1.807) is 12.1 Å². The summed E-state index contributed by atoms with van der Waals surface area (Å²) in [4.78, 5) is 29.7. The lowest BCUT2D eigenvalue weighted by atomic mass is 9.84. The van der Waals surface area contributed by atoms with E-state index in [0.717, 1.165) is 24.0 Å². The summed E-state index contributed by atoms with van der Waals surface area (Å²) in [5.41, 5.74) is 3.64. The van der Waals surface area contributed by atoms with Gasteiger partial charge in [-0.25, -0.2) is 9.78 Å². The third kappa shape index (κ3) is 4.31. The Labute approximate surface area is 182 Å². The number of aromatic carboxylic acids is 1. The van der Waals surface area contributed by atoms with Crippen LogP contribution in [0.1, 0.15) is 65.3 Å². The van der Waals surface area contributed by atoms with Gasteiger partial charge in [0.1, 0.15) is 0 Å². The number of benzene rings is 2. The number of amides is 1. The Balaban J connectivity index is 1.80. The molecule has 0 radical (unpaired) electrons. The van der Waals surface area contributed by atoms with Crippen LogP contribution in [-0.2, 0) is 0 Å². The number of carbonyl (C=O) groups is 2. The van der Waals surface area contributed by atoms with Crippen molar-refractivity contribution in [2.45, 2.75) is 52.0 Å². The van der Waals surface area contributed by atoms with Crippen molar-refractivity contribution in [3.8, 4) is 11.3 Å². The fourth-order valence-electron chi connectivity index (χ4n) is 4.69. The van der Waals surface area contributed by atoms with E-state index in [1.807, 2.05) is 37.3 Å². The SMILES string of the molecule is Cc1c(-c2ccccc2)nc2cc(C(=O)O)ccc2c1C(=O)N[C@@H](C)C1CCCCC1. The number of aromatic nitrogens is 1. The van der Waals surface area contributed by atoms with E-state index < -0.39 is 5.97 Å². The van der Waals surface area contributed by atoms with E-state index in [-0.39, 0.29) is 17.5 Å². The quantitative estimate of drug-likeness (QED) is 0.567. The molecule has 0 aliphatic heterocycles. The van der Waals surface area contributed by atoms with Gasteiger partial charge in [0.05, 0.1) is 22.3 Å². The molecule has 160 valence electrons. The van der Waals surface area contributed by atoms with Gasteiger partial charge < -0.3 is 10.4 Å². The van der Waals surface area contributed by atoms with E-state index in [1.165, 1.54) is 25.3 Å². The van der Waals surface area contributed by atoms with Crippen molar-refractivity contribution < 1.29 is 14.7 Å². The largest absolute Gasteiger partial charge is 0.478 e. The van der Waals surface area contributed by atoms with E-state index in [9.17, 15) is 14.7 Å². The molecule has 1 saturated carbocycles. The second-order valence-corrected chi connectivity index (χ2v) is 8.52. The van der Waals surface area contributed by atoms with Crippen LogP contribution < -0.4 is 5.32 Å². The molecular weight excluding hydrogens is 388 g/mol. The summed E-state index contributed by atoms with van der Waals surface area (Å²) in [6.45, 7) is 4.01. The molecule has 3 aromatic rings. The molecule has 5 heteroatoms. The van der Waals surface area contributed by atoms with Crippen LogP contribution in [0, 0.1) is 12.8 Å². The molecule has 1 atom stereocenters. The molecule has 1 aromatic heterocycles. The minimum atomic E-state index is -1.01.